The Labute approximate surface area is 175 Å². The average molecular weight is 389 g/mol. The lowest BCUT2D eigenvalue weighted by atomic mass is 9.88. The molecule has 0 atom stereocenters. The molecule has 0 spiro atoms. The van der Waals surface area contributed by atoms with E-state index in [1.807, 2.05) is 6.07 Å². The van der Waals surface area contributed by atoms with Crippen LogP contribution in [0, 0.1) is 0 Å². The van der Waals surface area contributed by atoms with E-state index in [-0.39, 0.29) is 0 Å². The summed E-state index contributed by atoms with van der Waals surface area (Å²) in [6, 6.07) is 36.4. The maximum absolute atomic E-state index is 6.98. The van der Waals surface area contributed by atoms with E-state index in [2.05, 4.69) is 97.1 Å². The van der Waals surface area contributed by atoms with Crippen LogP contribution in [-0.4, -0.2) is 0 Å². The summed E-state index contributed by atoms with van der Waals surface area (Å²) in [5, 5.41) is 3.38. The van der Waals surface area contributed by atoms with Crippen molar-refractivity contribution in [1.82, 2.24) is 0 Å². The van der Waals surface area contributed by atoms with Gasteiger partial charge in [-0.15, -0.1) is 0 Å². The van der Waals surface area contributed by atoms with Gasteiger partial charge in [-0.3, -0.25) is 0 Å². The smallest absolute Gasteiger partial charge is 0.0497 e. The molecule has 0 aromatic heterocycles. The van der Waals surface area contributed by atoms with E-state index in [4.69, 9.17) is 11.6 Å². The number of fused-ring (bicyclic) bond motifs is 3. The monoisotopic (exact) mass is 388 g/mol. The van der Waals surface area contributed by atoms with Crippen LogP contribution in [0.3, 0.4) is 0 Å². The van der Waals surface area contributed by atoms with Gasteiger partial charge in [0.25, 0.3) is 0 Å². The minimum absolute atomic E-state index is 0.790. The van der Waals surface area contributed by atoms with Gasteiger partial charge in [-0.1, -0.05) is 109 Å². The topological polar surface area (TPSA) is 0 Å². The van der Waals surface area contributed by atoms with Crippen LogP contribution in [0.1, 0.15) is 0 Å². The van der Waals surface area contributed by atoms with Gasteiger partial charge in [0.05, 0.1) is 0 Å². The van der Waals surface area contributed by atoms with E-state index in [1.54, 1.807) is 0 Å². The van der Waals surface area contributed by atoms with Crippen LogP contribution in [-0.2, 0) is 0 Å². The molecule has 0 saturated heterocycles. The van der Waals surface area contributed by atoms with Crippen LogP contribution in [0.2, 0.25) is 5.02 Å². The van der Waals surface area contributed by atoms with Crippen molar-refractivity contribution >= 4 is 22.4 Å². The van der Waals surface area contributed by atoms with E-state index < -0.39 is 0 Å². The lowest BCUT2D eigenvalue weighted by molar-refractivity contribution is 1.59. The minimum Gasteiger partial charge on any atom is -0.0836 e. The molecule has 0 bridgehead atoms. The Morgan fingerprint density at radius 3 is 1.69 bits per heavy atom. The Balaban J connectivity index is 1.81. The van der Waals surface area contributed by atoms with Gasteiger partial charge in [0, 0.05) is 16.1 Å². The Kier molecular flexibility index (Phi) is 3.62. The predicted molar refractivity (Wildman–Crippen MR) is 124 cm³/mol. The zero-order valence-electron chi connectivity index (χ0n) is 15.7. The molecule has 0 aliphatic heterocycles. The van der Waals surface area contributed by atoms with E-state index in [0.29, 0.717) is 0 Å². The maximum atomic E-state index is 6.98. The summed E-state index contributed by atoms with van der Waals surface area (Å²) in [6.07, 6.45) is 0. The third-order valence-electron chi connectivity index (χ3n) is 5.87. The molecule has 1 aliphatic rings. The SMILES string of the molecule is Clc1cc(-c2ccccc2)c2c(c1-c1ccccc1)-c1cccc3cccc-2c13. The highest BCUT2D eigenvalue weighted by Gasteiger charge is 2.29. The van der Waals surface area contributed by atoms with Gasteiger partial charge in [-0.25, -0.2) is 0 Å². The van der Waals surface area contributed by atoms with Crippen LogP contribution >= 0.6 is 11.6 Å². The number of hydrogen-bond donors (Lipinski definition) is 0. The number of halogens is 1. The van der Waals surface area contributed by atoms with Crippen molar-refractivity contribution in [3.63, 3.8) is 0 Å². The fraction of sp³-hybridized carbons (Fsp3) is 0. The third kappa shape index (κ3) is 2.40. The van der Waals surface area contributed by atoms with Gasteiger partial charge in [-0.05, 0) is 50.2 Å². The third-order valence-corrected chi connectivity index (χ3v) is 6.17. The number of rotatable bonds is 2. The van der Waals surface area contributed by atoms with E-state index in [0.717, 1.165) is 16.1 Å². The average Bonchev–Trinajstić information content (AvgIpc) is 3.11. The second-order valence-electron chi connectivity index (χ2n) is 7.47. The highest BCUT2D eigenvalue weighted by molar-refractivity contribution is 6.36. The highest BCUT2D eigenvalue weighted by Crippen LogP contribution is 2.56. The molecule has 29 heavy (non-hydrogen) atoms. The van der Waals surface area contributed by atoms with Gasteiger partial charge in [0.2, 0.25) is 0 Å². The van der Waals surface area contributed by atoms with Crippen molar-refractivity contribution in [3.05, 3.63) is 108 Å². The maximum Gasteiger partial charge on any atom is 0.0497 e. The Hall–Kier alpha value is -3.35. The Morgan fingerprint density at radius 1 is 0.448 bits per heavy atom. The number of benzene rings is 5. The zero-order valence-corrected chi connectivity index (χ0v) is 16.4. The van der Waals surface area contributed by atoms with E-state index in [9.17, 15) is 0 Å². The van der Waals surface area contributed by atoms with Crippen LogP contribution in [0.25, 0.3) is 55.3 Å². The molecule has 0 heterocycles. The predicted octanol–water partition coefficient (Wildman–Crippen LogP) is 8.47. The fourth-order valence-electron chi connectivity index (χ4n) is 4.69. The second-order valence-corrected chi connectivity index (χ2v) is 7.88. The second kappa shape index (κ2) is 6.34. The Morgan fingerprint density at radius 2 is 1.03 bits per heavy atom. The standard InChI is InChI=1S/C28H17Cl/c29-24-17-23(18-9-3-1-4-10-18)27-21-15-7-13-19-14-8-16-22(25(19)21)28(27)26(24)20-11-5-2-6-12-20/h1-17H. The molecule has 5 aromatic rings. The molecule has 1 heteroatoms. The Bertz CT molecular complexity index is 1380. The molecular formula is C28H17Cl. The van der Waals surface area contributed by atoms with Crippen molar-refractivity contribution in [2.45, 2.75) is 0 Å². The normalized spacial score (nSPS) is 11.6. The first kappa shape index (κ1) is 16.6. The molecule has 0 amide bonds. The molecule has 0 saturated carbocycles. The van der Waals surface area contributed by atoms with Crippen LogP contribution in [0.4, 0.5) is 0 Å². The summed E-state index contributed by atoms with van der Waals surface area (Å²) in [5.74, 6) is 0. The number of hydrogen-bond acceptors (Lipinski definition) is 0. The first-order chi connectivity index (χ1) is 14.3. The first-order valence-electron chi connectivity index (χ1n) is 9.83. The van der Waals surface area contributed by atoms with Crippen molar-refractivity contribution < 1.29 is 0 Å². The minimum atomic E-state index is 0.790. The molecule has 0 unspecified atom stereocenters. The molecule has 0 radical (unpaired) electrons. The lowest BCUT2D eigenvalue weighted by Crippen LogP contribution is -1.91. The van der Waals surface area contributed by atoms with Gasteiger partial charge in [-0.2, -0.15) is 0 Å². The van der Waals surface area contributed by atoms with Gasteiger partial charge < -0.3 is 0 Å². The first-order valence-corrected chi connectivity index (χ1v) is 10.2. The summed E-state index contributed by atoms with van der Waals surface area (Å²) in [4.78, 5) is 0. The molecule has 6 rings (SSSR count). The lowest BCUT2D eigenvalue weighted by Gasteiger charge is -2.17. The molecule has 0 N–H and O–H groups in total. The van der Waals surface area contributed by atoms with Gasteiger partial charge in [0.1, 0.15) is 0 Å². The molecule has 0 nitrogen and oxygen atoms in total. The molecule has 5 aromatic carbocycles. The largest absolute Gasteiger partial charge is 0.0836 e. The molecule has 1 aliphatic carbocycles. The van der Waals surface area contributed by atoms with Gasteiger partial charge >= 0.3 is 0 Å². The van der Waals surface area contributed by atoms with E-state index in [1.165, 1.54) is 44.2 Å². The van der Waals surface area contributed by atoms with E-state index >= 15 is 0 Å². The summed E-state index contributed by atoms with van der Waals surface area (Å²) < 4.78 is 0. The van der Waals surface area contributed by atoms with Gasteiger partial charge in [0.15, 0.2) is 0 Å². The summed E-state index contributed by atoms with van der Waals surface area (Å²) in [5.41, 5.74) is 9.74. The van der Waals surface area contributed by atoms with Crippen molar-refractivity contribution in [2.75, 3.05) is 0 Å². The zero-order chi connectivity index (χ0) is 19.4. The molecular weight excluding hydrogens is 372 g/mol. The summed E-state index contributed by atoms with van der Waals surface area (Å²) in [7, 11) is 0. The fourth-order valence-corrected chi connectivity index (χ4v) is 5.00. The van der Waals surface area contributed by atoms with Crippen LogP contribution < -0.4 is 0 Å². The molecule has 136 valence electrons. The van der Waals surface area contributed by atoms with Crippen molar-refractivity contribution in [1.29, 1.82) is 0 Å². The summed E-state index contributed by atoms with van der Waals surface area (Å²) in [6.45, 7) is 0. The van der Waals surface area contributed by atoms with Crippen LogP contribution in [0.5, 0.6) is 0 Å². The summed E-state index contributed by atoms with van der Waals surface area (Å²) >= 11 is 6.98. The van der Waals surface area contributed by atoms with Crippen LogP contribution in [0.15, 0.2) is 103 Å². The van der Waals surface area contributed by atoms with Crippen molar-refractivity contribution in [3.8, 4) is 44.5 Å². The van der Waals surface area contributed by atoms with Crippen molar-refractivity contribution in [2.24, 2.45) is 0 Å². The quantitative estimate of drug-likeness (QED) is 0.279. The molecule has 0 fully saturated rings. The highest BCUT2D eigenvalue weighted by atomic mass is 35.5.